The Hall–Kier alpha value is -2.72. The van der Waals surface area contributed by atoms with Crippen molar-refractivity contribution in [1.82, 2.24) is 15.3 Å². The zero-order valence-electron chi connectivity index (χ0n) is 13.6. The molecule has 5 heteroatoms. The largest absolute Gasteiger partial charge is 0.361 e. The summed E-state index contributed by atoms with van der Waals surface area (Å²) in [5.41, 5.74) is 4.29. The van der Waals surface area contributed by atoms with Gasteiger partial charge in [-0.1, -0.05) is 29.8 Å². The van der Waals surface area contributed by atoms with E-state index in [0.29, 0.717) is 13.0 Å². The van der Waals surface area contributed by atoms with Gasteiger partial charge >= 0.3 is 0 Å². The van der Waals surface area contributed by atoms with E-state index in [1.807, 2.05) is 54.9 Å². The van der Waals surface area contributed by atoms with Crippen LogP contribution in [0.5, 0.6) is 0 Å². The number of H-pyrrole nitrogens is 2. The molecule has 1 amide bonds. The normalized spacial score (nSPS) is 11.2. The molecule has 2 aromatic heterocycles. The molecule has 3 N–H and O–H groups in total. The first-order chi connectivity index (χ1) is 12.2. The summed E-state index contributed by atoms with van der Waals surface area (Å²) in [6, 6.07) is 13.8. The SMILES string of the molecule is O=C(Cc1c[nH]c2ccccc12)NCCc1c[nH]c2ccc(Cl)cc12. The van der Waals surface area contributed by atoms with Crippen LogP contribution in [0.25, 0.3) is 21.8 Å². The van der Waals surface area contributed by atoms with Crippen molar-refractivity contribution in [3.05, 3.63) is 71.0 Å². The lowest BCUT2D eigenvalue weighted by Gasteiger charge is -2.05. The maximum absolute atomic E-state index is 12.2. The fraction of sp³-hybridized carbons (Fsp3) is 0.150. The molecule has 4 aromatic rings. The predicted molar refractivity (Wildman–Crippen MR) is 102 cm³/mol. The number of aromatic nitrogens is 2. The number of benzene rings is 2. The maximum Gasteiger partial charge on any atom is 0.224 e. The lowest BCUT2D eigenvalue weighted by Crippen LogP contribution is -2.27. The third-order valence-electron chi connectivity index (χ3n) is 4.47. The van der Waals surface area contributed by atoms with E-state index >= 15 is 0 Å². The number of carbonyl (C=O) groups excluding carboxylic acids is 1. The molecule has 0 radical (unpaired) electrons. The van der Waals surface area contributed by atoms with Crippen LogP contribution in [0.2, 0.25) is 5.02 Å². The summed E-state index contributed by atoms with van der Waals surface area (Å²) in [5.74, 6) is 0.0302. The molecule has 0 spiro atoms. The molecule has 126 valence electrons. The Bertz CT molecular complexity index is 1050. The van der Waals surface area contributed by atoms with Crippen molar-refractivity contribution in [3.63, 3.8) is 0 Å². The summed E-state index contributed by atoms with van der Waals surface area (Å²) in [5, 5.41) is 5.93. The Morgan fingerprint density at radius 3 is 2.60 bits per heavy atom. The molecule has 0 saturated heterocycles. The van der Waals surface area contributed by atoms with Crippen molar-refractivity contribution < 1.29 is 4.79 Å². The number of carbonyl (C=O) groups is 1. The van der Waals surface area contributed by atoms with E-state index < -0.39 is 0 Å². The molecule has 0 saturated carbocycles. The van der Waals surface area contributed by atoms with E-state index in [4.69, 9.17) is 11.6 Å². The molecule has 0 atom stereocenters. The average Bonchev–Trinajstić information content (AvgIpc) is 3.20. The number of para-hydroxylation sites is 1. The molecule has 0 bridgehead atoms. The van der Waals surface area contributed by atoms with E-state index in [9.17, 15) is 4.79 Å². The van der Waals surface area contributed by atoms with Crippen molar-refractivity contribution in [3.8, 4) is 0 Å². The Kier molecular flexibility index (Phi) is 4.20. The summed E-state index contributed by atoms with van der Waals surface area (Å²) >= 11 is 6.07. The number of halogens is 1. The summed E-state index contributed by atoms with van der Waals surface area (Å²) in [4.78, 5) is 18.7. The van der Waals surface area contributed by atoms with E-state index in [-0.39, 0.29) is 5.91 Å². The van der Waals surface area contributed by atoms with E-state index in [1.165, 1.54) is 0 Å². The maximum atomic E-state index is 12.2. The number of hydrogen-bond donors (Lipinski definition) is 3. The second-order valence-electron chi connectivity index (χ2n) is 6.14. The molecular formula is C20H18ClN3O. The van der Waals surface area contributed by atoms with Crippen molar-refractivity contribution in [2.75, 3.05) is 6.54 Å². The van der Waals surface area contributed by atoms with Gasteiger partial charge in [0, 0.05) is 45.8 Å². The minimum Gasteiger partial charge on any atom is -0.361 e. The Morgan fingerprint density at radius 1 is 0.960 bits per heavy atom. The molecule has 0 aliphatic heterocycles. The van der Waals surface area contributed by atoms with Gasteiger partial charge in [-0.25, -0.2) is 0 Å². The number of hydrogen-bond acceptors (Lipinski definition) is 1. The highest BCUT2D eigenvalue weighted by Gasteiger charge is 2.09. The minimum atomic E-state index is 0.0302. The summed E-state index contributed by atoms with van der Waals surface area (Å²) < 4.78 is 0. The lowest BCUT2D eigenvalue weighted by atomic mass is 10.1. The molecule has 25 heavy (non-hydrogen) atoms. The van der Waals surface area contributed by atoms with Crippen molar-refractivity contribution in [2.24, 2.45) is 0 Å². The Morgan fingerprint density at radius 2 is 1.72 bits per heavy atom. The number of fused-ring (bicyclic) bond motifs is 2. The van der Waals surface area contributed by atoms with Gasteiger partial charge in [-0.3, -0.25) is 4.79 Å². The predicted octanol–water partition coefficient (Wildman–Crippen LogP) is 4.20. The Balaban J connectivity index is 1.38. The van der Waals surface area contributed by atoms with Gasteiger partial charge in [0.15, 0.2) is 0 Å². The Labute approximate surface area is 150 Å². The molecule has 2 heterocycles. The monoisotopic (exact) mass is 351 g/mol. The van der Waals surface area contributed by atoms with Gasteiger partial charge in [0.25, 0.3) is 0 Å². The van der Waals surface area contributed by atoms with E-state index in [2.05, 4.69) is 15.3 Å². The summed E-state index contributed by atoms with van der Waals surface area (Å²) in [6.07, 6.45) is 5.03. The van der Waals surface area contributed by atoms with Crippen LogP contribution in [0.1, 0.15) is 11.1 Å². The van der Waals surface area contributed by atoms with Crippen LogP contribution >= 0.6 is 11.6 Å². The summed E-state index contributed by atoms with van der Waals surface area (Å²) in [6.45, 7) is 0.598. The molecule has 4 nitrogen and oxygen atoms in total. The molecule has 4 rings (SSSR count). The fourth-order valence-corrected chi connectivity index (χ4v) is 3.38. The van der Waals surface area contributed by atoms with E-state index in [1.54, 1.807) is 0 Å². The van der Waals surface area contributed by atoms with Crippen molar-refractivity contribution in [2.45, 2.75) is 12.8 Å². The number of amides is 1. The molecule has 0 aliphatic carbocycles. The van der Waals surface area contributed by atoms with Gasteiger partial charge in [-0.15, -0.1) is 0 Å². The van der Waals surface area contributed by atoms with Crippen LogP contribution in [0.4, 0.5) is 0 Å². The third-order valence-corrected chi connectivity index (χ3v) is 4.71. The molecule has 0 aliphatic rings. The second kappa shape index (κ2) is 6.65. The van der Waals surface area contributed by atoms with Crippen molar-refractivity contribution >= 4 is 39.3 Å². The first-order valence-corrected chi connectivity index (χ1v) is 8.66. The average molecular weight is 352 g/mol. The molecular weight excluding hydrogens is 334 g/mol. The molecule has 2 aromatic carbocycles. The highest BCUT2D eigenvalue weighted by Crippen LogP contribution is 2.22. The standard InChI is InChI=1S/C20H18ClN3O/c21-15-5-6-19-17(10-15)13(11-23-19)7-8-22-20(25)9-14-12-24-18-4-2-1-3-16(14)18/h1-6,10-12,23-24H,7-9H2,(H,22,25). The highest BCUT2D eigenvalue weighted by molar-refractivity contribution is 6.31. The lowest BCUT2D eigenvalue weighted by molar-refractivity contribution is -0.120. The van der Waals surface area contributed by atoms with Crippen LogP contribution in [-0.4, -0.2) is 22.4 Å². The minimum absolute atomic E-state index is 0.0302. The first kappa shape index (κ1) is 15.8. The van der Waals surface area contributed by atoms with Gasteiger partial charge in [-0.2, -0.15) is 0 Å². The highest BCUT2D eigenvalue weighted by atomic mass is 35.5. The number of nitrogens with one attached hydrogen (secondary N) is 3. The van der Waals surface area contributed by atoms with Gasteiger partial charge < -0.3 is 15.3 Å². The fourth-order valence-electron chi connectivity index (χ4n) is 3.21. The van der Waals surface area contributed by atoms with Crippen LogP contribution < -0.4 is 5.32 Å². The first-order valence-electron chi connectivity index (χ1n) is 8.28. The quantitative estimate of drug-likeness (QED) is 0.495. The van der Waals surface area contributed by atoms with Gasteiger partial charge in [-0.05, 0) is 41.8 Å². The van der Waals surface area contributed by atoms with Gasteiger partial charge in [0.1, 0.15) is 0 Å². The summed E-state index contributed by atoms with van der Waals surface area (Å²) in [7, 11) is 0. The van der Waals surface area contributed by atoms with E-state index in [0.717, 1.165) is 44.4 Å². The van der Waals surface area contributed by atoms with Crippen LogP contribution in [0.3, 0.4) is 0 Å². The zero-order valence-corrected chi connectivity index (χ0v) is 14.4. The molecule has 0 unspecified atom stereocenters. The van der Waals surface area contributed by atoms with Crippen LogP contribution in [0.15, 0.2) is 54.9 Å². The van der Waals surface area contributed by atoms with Crippen molar-refractivity contribution in [1.29, 1.82) is 0 Å². The zero-order chi connectivity index (χ0) is 17.2. The van der Waals surface area contributed by atoms with Crippen LogP contribution in [0, 0.1) is 0 Å². The number of aromatic amines is 2. The van der Waals surface area contributed by atoms with Crippen LogP contribution in [-0.2, 0) is 17.6 Å². The number of rotatable bonds is 5. The second-order valence-corrected chi connectivity index (χ2v) is 6.58. The smallest absolute Gasteiger partial charge is 0.224 e. The van der Waals surface area contributed by atoms with Gasteiger partial charge in [0.05, 0.1) is 6.42 Å². The molecule has 0 fully saturated rings. The third kappa shape index (κ3) is 3.26. The topological polar surface area (TPSA) is 60.7 Å². The van der Waals surface area contributed by atoms with Gasteiger partial charge in [0.2, 0.25) is 5.91 Å².